The summed E-state index contributed by atoms with van der Waals surface area (Å²) in [6.45, 7) is 1.39. The maximum absolute atomic E-state index is 13.0. The van der Waals surface area contributed by atoms with Crippen molar-refractivity contribution in [1.82, 2.24) is 10.0 Å². The molecule has 9 heteroatoms. The molecule has 1 aromatic rings. The van der Waals surface area contributed by atoms with Gasteiger partial charge in [-0.15, -0.1) is 0 Å². The van der Waals surface area contributed by atoms with E-state index in [1.807, 2.05) is 0 Å². The zero-order valence-corrected chi connectivity index (χ0v) is 11.3. The average molecular weight is 308 g/mol. The number of hydrogen-bond acceptors (Lipinski definition) is 6. The number of rotatable bonds is 3. The van der Waals surface area contributed by atoms with Gasteiger partial charge in [0.05, 0.1) is 18.4 Å². The Labute approximate surface area is 118 Å². The van der Waals surface area contributed by atoms with Crippen LogP contribution < -0.4 is 0 Å². The van der Waals surface area contributed by atoms with Crippen molar-refractivity contribution in [3.8, 4) is 0 Å². The smallest absolute Gasteiger partial charge is 0.392 e. The van der Waals surface area contributed by atoms with Gasteiger partial charge in [-0.05, 0) is 13.3 Å². The van der Waals surface area contributed by atoms with Gasteiger partial charge < -0.3 is 14.4 Å². The lowest BCUT2D eigenvalue weighted by Crippen LogP contribution is -2.43. The van der Waals surface area contributed by atoms with E-state index in [0.717, 1.165) is 11.3 Å². The van der Waals surface area contributed by atoms with E-state index in [9.17, 15) is 23.2 Å². The van der Waals surface area contributed by atoms with Crippen molar-refractivity contribution in [3.63, 3.8) is 0 Å². The molecule has 1 aliphatic heterocycles. The largest absolute Gasteiger partial charge is 0.461 e. The number of nitrogens with zero attached hydrogens (tertiary/aromatic N) is 2. The highest BCUT2D eigenvalue weighted by Crippen LogP contribution is 2.42. The van der Waals surface area contributed by atoms with E-state index < -0.39 is 24.0 Å². The Bertz CT molecular complexity index is 503. The van der Waals surface area contributed by atoms with Gasteiger partial charge in [-0.1, -0.05) is 0 Å². The second-order valence-electron chi connectivity index (χ2n) is 4.75. The predicted octanol–water partition coefficient (Wildman–Crippen LogP) is 2.21. The first-order valence-electron chi connectivity index (χ1n) is 6.46. The van der Waals surface area contributed by atoms with Crippen molar-refractivity contribution in [2.24, 2.45) is 5.92 Å². The summed E-state index contributed by atoms with van der Waals surface area (Å²) in [6.07, 6.45) is -3.72. The van der Waals surface area contributed by atoms with E-state index in [4.69, 9.17) is 9.15 Å². The van der Waals surface area contributed by atoms with E-state index in [1.165, 1.54) is 0 Å². The van der Waals surface area contributed by atoms with Crippen molar-refractivity contribution in [3.05, 3.63) is 17.8 Å². The van der Waals surface area contributed by atoms with E-state index in [0.29, 0.717) is 0 Å². The average Bonchev–Trinajstić information content (AvgIpc) is 2.87. The number of aromatic nitrogens is 1. The number of hydrogen-bond donors (Lipinski definition) is 1. The highest BCUT2D eigenvalue weighted by Gasteiger charge is 2.49. The minimum absolute atomic E-state index is 0.0773. The summed E-state index contributed by atoms with van der Waals surface area (Å²) >= 11 is 0. The van der Waals surface area contributed by atoms with Gasteiger partial charge in [-0.25, -0.2) is 9.78 Å². The Hall–Kier alpha value is -1.61. The molecular weight excluding hydrogens is 293 g/mol. The number of ether oxygens (including phenoxy) is 1. The number of alkyl halides is 3. The molecule has 1 N–H and O–H groups in total. The first-order chi connectivity index (χ1) is 9.82. The zero-order chi connectivity index (χ0) is 15.6. The van der Waals surface area contributed by atoms with Crippen molar-refractivity contribution in [2.75, 3.05) is 19.7 Å². The third kappa shape index (κ3) is 3.53. The van der Waals surface area contributed by atoms with Gasteiger partial charge >= 0.3 is 12.1 Å². The fraction of sp³-hybridized carbons (Fsp3) is 0.667. The SMILES string of the molecule is CCOC(=O)c1coc(C2CN(O)CCC2C(F)(F)F)n1. The van der Waals surface area contributed by atoms with Crippen LogP contribution in [0, 0.1) is 5.92 Å². The van der Waals surface area contributed by atoms with Crippen LogP contribution in [0.2, 0.25) is 0 Å². The van der Waals surface area contributed by atoms with Gasteiger partial charge in [0.1, 0.15) is 6.26 Å². The van der Waals surface area contributed by atoms with Crippen LogP contribution in [0.1, 0.15) is 35.6 Å². The number of carbonyl (C=O) groups excluding carboxylic acids is 1. The quantitative estimate of drug-likeness (QED) is 0.863. The van der Waals surface area contributed by atoms with Crippen LogP contribution in [-0.2, 0) is 4.74 Å². The van der Waals surface area contributed by atoms with Crippen LogP contribution in [0.3, 0.4) is 0 Å². The fourth-order valence-corrected chi connectivity index (χ4v) is 2.33. The molecule has 1 aromatic heterocycles. The number of piperidine rings is 1. The second kappa shape index (κ2) is 6.02. The first-order valence-corrected chi connectivity index (χ1v) is 6.46. The molecule has 2 heterocycles. The molecule has 2 rings (SSSR count). The van der Waals surface area contributed by atoms with Crippen molar-refractivity contribution >= 4 is 5.97 Å². The van der Waals surface area contributed by atoms with Gasteiger partial charge in [-0.3, -0.25) is 0 Å². The standard InChI is InChI=1S/C12H15F3N2O4/c1-2-20-11(18)9-6-21-10(16-9)7-5-17(19)4-3-8(7)12(13,14)15/h6-8,19H,2-5H2,1H3. The van der Waals surface area contributed by atoms with Crippen LogP contribution in [0.4, 0.5) is 13.2 Å². The Morgan fingerprint density at radius 1 is 1.62 bits per heavy atom. The molecule has 118 valence electrons. The molecule has 0 radical (unpaired) electrons. The molecule has 1 saturated heterocycles. The summed E-state index contributed by atoms with van der Waals surface area (Å²) < 4.78 is 48.8. The molecule has 0 aliphatic carbocycles. The molecule has 0 saturated carbocycles. The molecule has 0 amide bonds. The minimum atomic E-state index is -4.43. The number of oxazole rings is 1. The summed E-state index contributed by atoms with van der Waals surface area (Å²) in [4.78, 5) is 15.2. The maximum atomic E-state index is 13.0. The Kier molecular flexibility index (Phi) is 4.52. The van der Waals surface area contributed by atoms with Gasteiger partial charge in [0, 0.05) is 13.1 Å². The lowest BCUT2D eigenvalue weighted by Gasteiger charge is -2.34. The van der Waals surface area contributed by atoms with Crippen molar-refractivity contribution in [1.29, 1.82) is 0 Å². The highest BCUT2D eigenvalue weighted by atomic mass is 19.4. The van der Waals surface area contributed by atoms with E-state index in [1.54, 1.807) is 6.92 Å². The summed E-state index contributed by atoms with van der Waals surface area (Å²) in [7, 11) is 0. The lowest BCUT2D eigenvalue weighted by molar-refractivity contribution is -0.214. The van der Waals surface area contributed by atoms with E-state index in [2.05, 4.69) is 4.98 Å². The van der Waals surface area contributed by atoms with Crippen molar-refractivity contribution in [2.45, 2.75) is 25.4 Å². The number of carbonyl (C=O) groups is 1. The van der Waals surface area contributed by atoms with Crippen molar-refractivity contribution < 1.29 is 32.3 Å². The van der Waals surface area contributed by atoms with Gasteiger partial charge in [0.25, 0.3) is 0 Å². The predicted molar refractivity (Wildman–Crippen MR) is 62.7 cm³/mol. The first kappa shape index (κ1) is 15.8. The normalized spacial score (nSPS) is 24.0. The molecule has 2 unspecified atom stereocenters. The van der Waals surface area contributed by atoms with Crippen LogP contribution in [0.25, 0.3) is 0 Å². The van der Waals surface area contributed by atoms with Crippen LogP contribution >= 0.6 is 0 Å². The molecule has 0 spiro atoms. The van der Waals surface area contributed by atoms with Crippen LogP contribution in [0.5, 0.6) is 0 Å². The van der Waals surface area contributed by atoms with E-state index >= 15 is 0 Å². The third-order valence-electron chi connectivity index (χ3n) is 3.34. The number of esters is 1. The summed E-state index contributed by atoms with van der Waals surface area (Å²) in [5, 5.41) is 10.2. The lowest BCUT2D eigenvalue weighted by atomic mass is 9.85. The highest BCUT2D eigenvalue weighted by molar-refractivity contribution is 5.86. The van der Waals surface area contributed by atoms with Gasteiger partial charge in [0.15, 0.2) is 11.6 Å². The zero-order valence-electron chi connectivity index (χ0n) is 11.3. The maximum Gasteiger partial charge on any atom is 0.392 e. The summed E-state index contributed by atoms with van der Waals surface area (Å²) in [5.74, 6) is -3.81. The Morgan fingerprint density at radius 2 is 2.33 bits per heavy atom. The molecule has 21 heavy (non-hydrogen) atoms. The fourth-order valence-electron chi connectivity index (χ4n) is 2.33. The number of halogens is 3. The van der Waals surface area contributed by atoms with Crippen LogP contribution in [0.15, 0.2) is 10.7 Å². The summed E-state index contributed by atoms with van der Waals surface area (Å²) in [5.41, 5.74) is -0.178. The molecule has 6 nitrogen and oxygen atoms in total. The molecule has 2 atom stereocenters. The number of hydroxylamine groups is 2. The van der Waals surface area contributed by atoms with Crippen LogP contribution in [-0.4, -0.2) is 47.1 Å². The Morgan fingerprint density at radius 3 is 2.95 bits per heavy atom. The van der Waals surface area contributed by atoms with Gasteiger partial charge in [0.2, 0.25) is 0 Å². The molecular formula is C12H15F3N2O4. The summed E-state index contributed by atoms with van der Waals surface area (Å²) in [6, 6.07) is 0. The third-order valence-corrected chi connectivity index (χ3v) is 3.34. The van der Waals surface area contributed by atoms with Gasteiger partial charge in [-0.2, -0.15) is 18.2 Å². The minimum Gasteiger partial charge on any atom is -0.461 e. The Balaban J connectivity index is 2.22. The topological polar surface area (TPSA) is 75.8 Å². The molecule has 1 fully saturated rings. The molecule has 0 bridgehead atoms. The second-order valence-corrected chi connectivity index (χ2v) is 4.75. The molecule has 1 aliphatic rings. The molecule has 0 aromatic carbocycles. The monoisotopic (exact) mass is 308 g/mol. The van der Waals surface area contributed by atoms with E-state index in [-0.39, 0.29) is 37.7 Å².